The van der Waals surface area contributed by atoms with Gasteiger partial charge in [-0.15, -0.1) is 0 Å². The highest BCUT2D eigenvalue weighted by Crippen LogP contribution is 2.41. The van der Waals surface area contributed by atoms with Crippen molar-refractivity contribution in [3.05, 3.63) is 89.0 Å². The number of nitrogens with zero attached hydrogens (tertiary/aromatic N) is 4. The number of carbonyl (C=O) groups excluding carboxylic acids is 4. The highest BCUT2D eigenvalue weighted by molar-refractivity contribution is 6.21. The lowest BCUT2D eigenvalue weighted by atomic mass is 9.77. The molecular weight excluding hydrogens is 534 g/mol. The van der Waals surface area contributed by atoms with Gasteiger partial charge in [-0.1, -0.05) is 37.1 Å². The molecule has 0 bridgehead atoms. The van der Waals surface area contributed by atoms with Gasteiger partial charge in [0, 0.05) is 43.4 Å². The Bertz CT molecular complexity index is 1490. The van der Waals surface area contributed by atoms with E-state index in [1.807, 2.05) is 18.2 Å². The van der Waals surface area contributed by atoms with Crippen LogP contribution in [0.15, 0.2) is 61.1 Å². The second-order valence-electron chi connectivity index (χ2n) is 11.0. The van der Waals surface area contributed by atoms with Crippen molar-refractivity contribution in [3.63, 3.8) is 0 Å². The highest BCUT2D eigenvalue weighted by Gasteiger charge is 2.45. The molecule has 1 aliphatic carbocycles. The van der Waals surface area contributed by atoms with Gasteiger partial charge in [-0.05, 0) is 43.0 Å². The number of rotatable bonds is 7. The summed E-state index contributed by atoms with van der Waals surface area (Å²) >= 11 is 0. The lowest BCUT2D eigenvalue weighted by Gasteiger charge is -2.42. The molecule has 1 aromatic heterocycles. The molecule has 42 heavy (non-hydrogen) atoms. The van der Waals surface area contributed by atoms with Gasteiger partial charge in [0.05, 0.1) is 35.6 Å². The third-order valence-corrected chi connectivity index (χ3v) is 8.66. The average Bonchev–Trinajstić information content (AvgIpc) is 3.28. The maximum atomic E-state index is 14.3. The van der Waals surface area contributed by atoms with Crippen LogP contribution in [0, 0.1) is 11.8 Å². The van der Waals surface area contributed by atoms with Crippen LogP contribution < -0.4 is 10.1 Å². The molecule has 0 spiro atoms. The molecule has 4 amide bonds. The van der Waals surface area contributed by atoms with Crippen LogP contribution in [0.25, 0.3) is 0 Å². The van der Waals surface area contributed by atoms with Gasteiger partial charge in [-0.2, -0.15) is 0 Å². The molecular formula is C32H33N5O5. The predicted molar refractivity (Wildman–Crippen MR) is 152 cm³/mol. The summed E-state index contributed by atoms with van der Waals surface area (Å²) in [6.45, 7) is 0.553. The summed E-state index contributed by atoms with van der Waals surface area (Å²) in [5.74, 6) is -1.35. The molecule has 10 nitrogen and oxygen atoms in total. The fourth-order valence-electron chi connectivity index (χ4n) is 6.59. The second-order valence-corrected chi connectivity index (χ2v) is 11.0. The molecule has 1 N–H and O–H groups in total. The van der Waals surface area contributed by atoms with Gasteiger partial charge in [0.15, 0.2) is 0 Å². The molecule has 0 saturated heterocycles. The number of carbonyl (C=O) groups is 4. The Morgan fingerprint density at radius 3 is 2.40 bits per heavy atom. The number of ether oxygens (including phenoxy) is 1. The third-order valence-electron chi connectivity index (χ3n) is 8.66. The number of hydrogen-bond donors (Lipinski definition) is 1. The van der Waals surface area contributed by atoms with Gasteiger partial charge in [0.2, 0.25) is 11.8 Å². The Balaban J connectivity index is 1.38. The van der Waals surface area contributed by atoms with Crippen LogP contribution in [0.2, 0.25) is 0 Å². The quantitative estimate of drug-likeness (QED) is 0.435. The lowest BCUT2D eigenvalue weighted by molar-refractivity contribution is -0.146. The first-order valence-electron chi connectivity index (χ1n) is 14.4. The topological polar surface area (TPSA) is 122 Å². The molecule has 216 valence electrons. The van der Waals surface area contributed by atoms with E-state index in [0.29, 0.717) is 48.4 Å². The fourth-order valence-corrected chi connectivity index (χ4v) is 6.59. The third kappa shape index (κ3) is 5.01. The van der Waals surface area contributed by atoms with Crippen LogP contribution in [-0.2, 0) is 22.6 Å². The van der Waals surface area contributed by atoms with Crippen molar-refractivity contribution in [1.29, 1.82) is 0 Å². The summed E-state index contributed by atoms with van der Waals surface area (Å²) < 4.78 is 6.26. The average molecular weight is 568 g/mol. The van der Waals surface area contributed by atoms with E-state index in [0.717, 1.165) is 24.0 Å². The van der Waals surface area contributed by atoms with E-state index in [2.05, 4.69) is 15.3 Å². The Kier molecular flexibility index (Phi) is 7.69. The van der Waals surface area contributed by atoms with E-state index >= 15 is 0 Å². The predicted octanol–water partition coefficient (Wildman–Crippen LogP) is 3.33. The van der Waals surface area contributed by atoms with Crippen LogP contribution in [0.3, 0.4) is 0 Å². The van der Waals surface area contributed by atoms with E-state index in [4.69, 9.17) is 4.74 Å². The Hall–Kier alpha value is -4.60. The molecule has 6 rings (SSSR count). The zero-order valence-electron chi connectivity index (χ0n) is 23.5. The minimum atomic E-state index is -0.645. The van der Waals surface area contributed by atoms with Crippen molar-refractivity contribution in [1.82, 2.24) is 25.1 Å². The van der Waals surface area contributed by atoms with Gasteiger partial charge in [-0.25, -0.2) is 0 Å². The molecule has 3 heterocycles. The molecule has 1 fully saturated rings. The van der Waals surface area contributed by atoms with Gasteiger partial charge in [0.1, 0.15) is 12.4 Å². The lowest BCUT2D eigenvalue weighted by Crippen LogP contribution is -2.51. The number of imide groups is 1. The molecule has 2 aromatic carbocycles. The number of amides is 4. The van der Waals surface area contributed by atoms with E-state index < -0.39 is 17.9 Å². The van der Waals surface area contributed by atoms with E-state index in [1.165, 1.54) is 4.90 Å². The van der Waals surface area contributed by atoms with Gasteiger partial charge in [0.25, 0.3) is 11.8 Å². The van der Waals surface area contributed by atoms with E-state index in [-0.39, 0.29) is 36.8 Å². The first-order chi connectivity index (χ1) is 20.5. The van der Waals surface area contributed by atoms with E-state index in [1.54, 1.807) is 54.8 Å². The summed E-state index contributed by atoms with van der Waals surface area (Å²) in [7, 11) is 1.60. The zero-order valence-corrected chi connectivity index (χ0v) is 23.5. The summed E-state index contributed by atoms with van der Waals surface area (Å²) in [6.07, 6.45) is 8.42. The van der Waals surface area contributed by atoms with E-state index in [9.17, 15) is 19.2 Å². The van der Waals surface area contributed by atoms with Gasteiger partial charge >= 0.3 is 0 Å². The number of benzene rings is 2. The highest BCUT2D eigenvalue weighted by atomic mass is 16.5. The summed E-state index contributed by atoms with van der Waals surface area (Å²) in [4.78, 5) is 65.5. The number of hydrogen-bond acceptors (Lipinski definition) is 7. The van der Waals surface area contributed by atoms with Crippen molar-refractivity contribution in [2.24, 2.45) is 11.8 Å². The van der Waals surface area contributed by atoms with Crippen LogP contribution in [0.4, 0.5) is 0 Å². The number of aromatic nitrogens is 2. The molecule has 3 atom stereocenters. The molecule has 0 radical (unpaired) electrons. The monoisotopic (exact) mass is 567 g/mol. The molecule has 1 saturated carbocycles. The standard InChI is InChI=1S/C32H33N5O5/c1-33-29(38)22-8-2-3-9-23(22)30(39)36-16-13-20-7-6-12-27(42-19-21-17-34-14-15-35-21)28(20)26(36)18-37-31(40)24-10-4-5-11-25(24)32(37)41/h4-7,10-12,14-15,17,22-23,26H,2-3,8-9,13,16,18-19H2,1H3,(H,33,38)/t22-,23+,26?/m0/s1. The van der Waals surface area contributed by atoms with Crippen molar-refractivity contribution in [3.8, 4) is 5.75 Å². The first-order valence-corrected chi connectivity index (χ1v) is 14.4. The summed E-state index contributed by atoms with van der Waals surface area (Å²) in [5, 5.41) is 2.73. The van der Waals surface area contributed by atoms with Crippen LogP contribution in [0.5, 0.6) is 5.75 Å². The minimum absolute atomic E-state index is 0.0199. The van der Waals surface area contributed by atoms with Crippen molar-refractivity contribution >= 4 is 23.6 Å². The maximum Gasteiger partial charge on any atom is 0.261 e. The van der Waals surface area contributed by atoms with Crippen LogP contribution in [-0.4, -0.2) is 63.5 Å². The number of fused-ring (bicyclic) bond motifs is 2. The summed E-state index contributed by atoms with van der Waals surface area (Å²) in [5.41, 5.74) is 3.12. The molecule has 10 heteroatoms. The molecule has 3 aromatic rings. The van der Waals surface area contributed by atoms with Gasteiger partial charge < -0.3 is 15.0 Å². The largest absolute Gasteiger partial charge is 0.487 e. The molecule has 3 aliphatic rings. The normalized spacial score (nSPS) is 21.5. The van der Waals surface area contributed by atoms with Crippen molar-refractivity contribution in [2.75, 3.05) is 20.1 Å². The molecule has 2 aliphatic heterocycles. The first kappa shape index (κ1) is 27.6. The van der Waals surface area contributed by atoms with Crippen LogP contribution in [0.1, 0.15) is 69.3 Å². The summed E-state index contributed by atoms with van der Waals surface area (Å²) in [6, 6.07) is 11.9. The Morgan fingerprint density at radius 1 is 0.976 bits per heavy atom. The Morgan fingerprint density at radius 2 is 1.71 bits per heavy atom. The van der Waals surface area contributed by atoms with Crippen molar-refractivity contribution < 1.29 is 23.9 Å². The Labute approximate surface area is 244 Å². The van der Waals surface area contributed by atoms with Crippen molar-refractivity contribution in [2.45, 2.75) is 44.8 Å². The smallest absolute Gasteiger partial charge is 0.261 e. The van der Waals surface area contributed by atoms with Crippen LogP contribution >= 0.6 is 0 Å². The zero-order chi connectivity index (χ0) is 29.2. The maximum absolute atomic E-state index is 14.3. The number of nitrogens with one attached hydrogen (secondary N) is 1. The minimum Gasteiger partial charge on any atom is -0.487 e. The SMILES string of the molecule is CNC(=O)[C@H]1CCCC[C@H]1C(=O)N1CCc2cccc(OCc3cnccn3)c2C1CN1C(=O)c2ccccc2C1=O. The molecule has 1 unspecified atom stereocenters. The fraction of sp³-hybridized carbons (Fsp3) is 0.375. The second kappa shape index (κ2) is 11.7. The van der Waals surface area contributed by atoms with Gasteiger partial charge in [-0.3, -0.25) is 34.0 Å².